The molecule has 3 heteroatoms. The van der Waals surface area contributed by atoms with E-state index in [9.17, 15) is 0 Å². The second-order valence-electron chi connectivity index (χ2n) is 5.33. The van der Waals surface area contributed by atoms with E-state index in [1.165, 1.54) is 11.1 Å². The number of hydrogen-bond donors (Lipinski definition) is 1. The number of nitrogens with one attached hydrogen (secondary N) is 1. The molecule has 0 amide bonds. The van der Waals surface area contributed by atoms with Crippen LogP contribution in [0.4, 0.5) is 5.69 Å². The molecule has 0 aliphatic rings. The summed E-state index contributed by atoms with van der Waals surface area (Å²) in [6, 6.07) is 14.6. The predicted molar refractivity (Wildman–Crippen MR) is 91.7 cm³/mol. The molecule has 0 heterocycles. The Morgan fingerprint density at radius 3 is 2.59 bits per heavy atom. The van der Waals surface area contributed by atoms with Crippen molar-refractivity contribution in [3.05, 3.63) is 59.2 Å². The van der Waals surface area contributed by atoms with Gasteiger partial charge < -0.3 is 14.8 Å². The third-order valence-corrected chi connectivity index (χ3v) is 3.51. The van der Waals surface area contributed by atoms with Gasteiger partial charge in [-0.05, 0) is 38.5 Å². The van der Waals surface area contributed by atoms with Crippen molar-refractivity contribution in [3.8, 4) is 5.75 Å². The van der Waals surface area contributed by atoms with Crippen molar-refractivity contribution in [2.24, 2.45) is 0 Å². The highest BCUT2D eigenvalue weighted by molar-refractivity contribution is 5.52. The van der Waals surface area contributed by atoms with Crippen LogP contribution in [0.1, 0.15) is 23.6 Å². The van der Waals surface area contributed by atoms with Gasteiger partial charge in [0.1, 0.15) is 12.4 Å². The van der Waals surface area contributed by atoms with E-state index in [1.807, 2.05) is 25.1 Å². The van der Waals surface area contributed by atoms with Crippen molar-refractivity contribution in [3.63, 3.8) is 0 Å². The van der Waals surface area contributed by atoms with Gasteiger partial charge in [-0.25, -0.2) is 0 Å². The lowest BCUT2D eigenvalue weighted by atomic mass is 10.1. The minimum Gasteiger partial charge on any atom is -0.491 e. The molecule has 0 saturated heterocycles. The molecule has 0 aliphatic carbocycles. The zero-order valence-electron chi connectivity index (χ0n) is 13.7. The van der Waals surface area contributed by atoms with Gasteiger partial charge in [0.2, 0.25) is 0 Å². The molecule has 0 saturated carbocycles. The summed E-state index contributed by atoms with van der Waals surface area (Å²) in [6.45, 7) is 8.89. The summed E-state index contributed by atoms with van der Waals surface area (Å²) in [5, 5.41) is 3.49. The van der Waals surface area contributed by atoms with Crippen LogP contribution in [0.3, 0.4) is 0 Å². The highest BCUT2D eigenvalue weighted by atomic mass is 16.5. The smallest absolute Gasteiger partial charge is 0.124 e. The minimum atomic E-state index is 0.578. The Kier molecular flexibility index (Phi) is 6.28. The van der Waals surface area contributed by atoms with Gasteiger partial charge in [-0.1, -0.05) is 35.9 Å². The molecular weight excluding hydrogens is 274 g/mol. The van der Waals surface area contributed by atoms with E-state index in [0.29, 0.717) is 13.2 Å². The molecule has 2 aromatic rings. The fourth-order valence-corrected chi connectivity index (χ4v) is 2.35. The van der Waals surface area contributed by atoms with Gasteiger partial charge in [-0.2, -0.15) is 0 Å². The van der Waals surface area contributed by atoms with Crippen molar-refractivity contribution >= 4 is 5.69 Å². The Bertz CT molecular complexity index is 596. The van der Waals surface area contributed by atoms with E-state index in [-0.39, 0.29) is 0 Å². The predicted octanol–water partition coefficient (Wildman–Crippen LogP) is 4.33. The van der Waals surface area contributed by atoms with Gasteiger partial charge in [0.15, 0.2) is 0 Å². The van der Waals surface area contributed by atoms with Crippen LogP contribution < -0.4 is 10.1 Å². The minimum absolute atomic E-state index is 0.578. The second kappa shape index (κ2) is 8.44. The first-order valence-electron chi connectivity index (χ1n) is 7.80. The second-order valence-corrected chi connectivity index (χ2v) is 5.33. The average Bonchev–Trinajstić information content (AvgIpc) is 2.52. The monoisotopic (exact) mass is 299 g/mol. The fraction of sp³-hybridized carbons (Fsp3) is 0.368. The summed E-state index contributed by atoms with van der Waals surface area (Å²) in [7, 11) is 0. The quantitative estimate of drug-likeness (QED) is 0.736. The Morgan fingerprint density at radius 2 is 1.82 bits per heavy atom. The molecule has 0 atom stereocenters. The molecule has 0 bridgehead atoms. The zero-order valence-corrected chi connectivity index (χ0v) is 13.7. The largest absolute Gasteiger partial charge is 0.491 e. The third-order valence-electron chi connectivity index (χ3n) is 3.51. The van der Waals surface area contributed by atoms with E-state index in [1.54, 1.807) is 0 Å². The van der Waals surface area contributed by atoms with E-state index in [2.05, 4.69) is 43.4 Å². The molecule has 0 fully saturated rings. The SMILES string of the molecule is CCOCCOc1ccccc1CNc1ccc(C)cc1C. The molecule has 0 unspecified atom stereocenters. The first-order valence-corrected chi connectivity index (χ1v) is 7.80. The maximum Gasteiger partial charge on any atom is 0.124 e. The molecule has 2 rings (SSSR count). The standard InChI is InChI=1S/C19H25NO2/c1-4-21-11-12-22-19-8-6-5-7-17(19)14-20-18-10-9-15(2)13-16(18)3/h5-10,13,20H,4,11-12,14H2,1-3H3. The van der Waals surface area contributed by atoms with Crippen LogP contribution in [0, 0.1) is 13.8 Å². The van der Waals surface area contributed by atoms with E-state index in [0.717, 1.165) is 30.2 Å². The number of anilines is 1. The molecule has 0 aliphatic heterocycles. The maximum absolute atomic E-state index is 5.81. The number of hydrogen-bond acceptors (Lipinski definition) is 3. The first-order chi connectivity index (χ1) is 10.7. The van der Waals surface area contributed by atoms with Crippen LogP contribution in [0.5, 0.6) is 5.75 Å². The van der Waals surface area contributed by atoms with E-state index >= 15 is 0 Å². The summed E-state index contributed by atoms with van der Waals surface area (Å²) < 4.78 is 11.1. The number of rotatable bonds is 8. The van der Waals surface area contributed by atoms with E-state index < -0.39 is 0 Å². The Morgan fingerprint density at radius 1 is 1.00 bits per heavy atom. The van der Waals surface area contributed by atoms with Crippen LogP contribution >= 0.6 is 0 Å². The molecule has 0 aromatic heterocycles. The molecule has 2 aromatic carbocycles. The summed E-state index contributed by atoms with van der Waals surface area (Å²) in [5.41, 5.74) is 4.85. The molecule has 118 valence electrons. The lowest BCUT2D eigenvalue weighted by Gasteiger charge is -2.14. The summed E-state index contributed by atoms with van der Waals surface area (Å²) in [5.74, 6) is 0.916. The Balaban J connectivity index is 1.97. The van der Waals surface area contributed by atoms with Crippen LogP contribution in [-0.2, 0) is 11.3 Å². The van der Waals surface area contributed by atoms with E-state index in [4.69, 9.17) is 9.47 Å². The summed E-state index contributed by atoms with van der Waals surface area (Å²) in [4.78, 5) is 0. The van der Waals surface area contributed by atoms with Crippen molar-refractivity contribution in [2.75, 3.05) is 25.1 Å². The normalized spacial score (nSPS) is 10.5. The maximum atomic E-state index is 5.81. The highest BCUT2D eigenvalue weighted by Crippen LogP contribution is 2.21. The van der Waals surface area contributed by atoms with Crippen LogP contribution in [-0.4, -0.2) is 19.8 Å². The topological polar surface area (TPSA) is 30.5 Å². The van der Waals surface area contributed by atoms with Gasteiger partial charge >= 0.3 is 0 Å². The van der Waals surface area contributed by atoms with Gasteiger partial charge in [-0.15, -0.1) is 0 Å². The van der Waals surface area contributed by atoms with Gasteiger partial charge in [-0.3, -0.25) is 0 Å². The van der Waals surface area contributed by atoms with Crippen LogP contribution in [0.15, 0.2) is 42.5 Å². The summed E-state index contributed by atoms with van der Waals surface area (Å²) in [6.07, 6.45) is 0. The number of aryl methyl sites for hydroxylation is 2. The van der Waals surface area contributed by atoms with Crippen molar-refractivity contribution in [2.45, 2.75) is 27.3 Å². The average molecular weight is 299 g/mol. The molecule has 1 N–H and O–H groups in total. The van der Waals surface area contributed by atoms with Gasteiger partial charge in [0.05, 0.1) is 6.61 Å². The summed E-state index contributed by atoms with van der Waals surface area (Å²) >= 11 is 0. The number of ether oxygens (including phenoxy) is 2. The van der Waals surface area contributed by atoms with Gasteiger partial charge in [0.25, 0.3) is 0 Å². The Hall–Kier alpha value is -2.00. The first kappa shape index (κ1) is 16.4. The zero-order chi connectivity index (χ0) is 15.8. The molecule has 3 nitrogen and oxygen atoms in total. The molecule has 22 heavy (non-hydrogen) atoms. The molecular formula is C19H25NO2. The number of para-hydroxylation sites is 1. The lowest BCUT2D eigenvalue weighted by molar-refractivity contribution is 0.110. The third kappa shape index (κ3) is 4.78. The number of benzene rings is 2. The van der Waals surface area contributed by atoms with Gasteiger partial charge in [0, 0.05) is 24.4 Å². The fourth-order valence-electron chi connectivity index (χ4n) is 2.35. The molecule has 0 radical (unpaired) electrons. The Labute approximate surface area is 133 Å². The molecule has 0 spiro atoms. The van der Waals surface area contributed by atoms with Crippen molar-refractivity contribution in [1.82, 2.24) is 0 Å². The van der Waals surface area contributed by atoms with Crippen LogP contribution in [0.25, 0.3) is 0 Å². The lowest BCUT2D eigenvalue weighted by Crippen LogP contribution is -2.09. The van der Waals surface area contributed by atoms with Crippen LogP contribution in [0.2, 0.25) is 0 Å². The highest BCUT2D eigenvalue weighted by Gasteiger charge is 2.04. The van der Waals surface area contributed by atoms with Crippen molar-refractivity contribution < 1.29 is 9.47 Å². The van der Waals surface area contributed by atoms with Crippen molar-refractivity contribution in [1.29, 1.82) is 0 Å².